The van der Waals surface area contributed by atoms with Crippen LogP contribution in [0.3, 0.4) is 0 Å². The number of quaternary nitrogens is 2. The number of nitrogens with one attached hydrogen (secondary N) is 3. The van der Waals surface area contributed by atoms with Crippen LogP contribution in [0.15, 0.2) is 71.3 Å². The molecule has 6 nitrogen and oxygen atoms in total. The third-order valence-electron chi connectivity index (χ3n) is 5.58. The average Bonchev–Trinajstić information content (AvgIpc) is 3.15. The van der Waals surface area contributed by atoms with Gasteiger partial charge in [-0.3, -0.25) is 4.79 Å². The Morgan fingerprint density at radius 3 is 2.10 bits per heavy atom. The first kappa shape index (κ1) is 19.4. The average molecular weight is 393 g/mol. The van der Waals surface area contributed by atoms with Crippen LogP contribution in [0.25, 0.3) is 0 Å². The van der Waals surface area contributed by atoms with Crippen LogP contribution in [0.4, 0.5) is 5.82 Å². The Hall–Kier alpha value is -2.96. The van der Waals surface area contributed by atoms with Crippen LogP contribution < -0.4 is 15.1 Å². The van der Waals surface area contributed by atoms with Crippen molar-refractivity contribution in [1.29, 1.82) is 0 Å². The van der Waals surface area contributed by atoms with Crippen molar-refractivity contribution in [3.8, 4) is 0 Å². The monoisotopic (exact) mass is 392 g/mol. The predicted molar refractivity (Wildman–Crippen MR) is 111 cm³/mol. The van der Waals surface area contributed by atoms with Gasteiger partial charge < -0.3 is 19.6 Å². The molecular weight excluding hydrogens is 364 g/mol. The summed E-state index contributed by atoms with van der Waals surface area (Å²) >= 11 is 0. The molecule has 29 heavy (non-hydrogen) atoms. The van der Waals surface area contributed by atoms with Gasteiger partial charge in [0, 0.05) is 17.2 Å². The van der Waals surface area contributed by atoms with Crippen LogP contribution in [0.5, 0.6) is 0 Å². The quantitative estimate of drug-likeness (QED) is 0.572. The van der Waals surface area contributed by atoms with Crippen molar-refractivity contribution in [3.05, 3.63) is 83.6 Å². The number of hydrogen-bond donors (Lipinski definition) is 3. The molecule has 0 spiro atoms. The lowest BCUT2D eigenvalue weighted by atomic mass is 9.96. The number of hydrogen-bond acceptors (Lipinski definition) is 3. The number of nitrogens with zero attached hydrogens (tertiary/aromatic N) is 1. The summed E-state index contributed by atoms with van der Waals surface area (Å²) < 4.78 is 5.00. The summed E-state index contributed by atoms with van der Waals surface area (Å²) in [6.07, 6.45) is 0. The molecule has 3 N–H and O–H groups in total. The van der Waals surface area contributed by atoms with Gasteiger partial charge >= 0.3 is 0 Å². The van der Waals surface area contributed by atoms with Gasteiger partial charge in [-0.1, -0.05) is 65.8 Å². The van der Waals surface area contributed by atoms with E-state index in [0.29, 0.717) is 24.2 Å². The number of aromatic nitrogens is 1. The van der Waals surface area contributed by atoms with Crippen LogP contribution in [0.1, 0.15) is 22.9 Å². The molecule has 1 amide bonds. The second-order valence-corrected chi connectivity index (χ2v) is 7.71. The predicted octanol–water partition coefficient (Wildman–Crippen LogP) is 0.495. The van der Waals surface area contributed by atoms with Gasteiger partial charge in [-0.05, 0) is 6.92 Å². The van der Waals surface area contributed by atoms with Gasteiger partial charge in [0.15, 0.2) is 12.4 Å². The van der Waals surface area contributed by atoms with E-state index in [1.54, 1.807) is 11.0 Å². The Bertz CT molecular complexity index is 879. The minimum absolute atomic E-state index is 0.0144. The summed E-state index contributed by atoms with van der Waals surface area (Å²) in [5.41, 5.74) is 2.69. The molecule has 0 unspecified atom stereocenters. The van der Waals surface area contributed by atoms with Crippen molar-refractivity contribution in [2.75, 3.05) is 38.0 Å². The highest BCUT2D eigenvalue weighted by Crippen LogP contribution is 2.18. The Balaban J connectivity index is 1.38. The van der Waals surface area contributed by atoms with Gasteiger partial charge in [0.05, 0.1) is 0 Å². The maximum atomic E-state index is 12.3. The van der Waals surface area contributed by atoms with E-state index in [4.69, 9.17) is 4.52 Å². The van der Waals surface area contributed by atoms with Crippen molar-refractivity contribution in [2.45, 2.75) is 13.0 Å². The topological polar surface area (TPSA) is 64.0 Å². The van der Waals surface area contributed by atoms with Crippen LogP contribution >= 0.6 is 0 Å². The molecule has 0 aliphatic carbocycles. The van der Waals surface area contributed by atoms with Crippen LogP contribution in [-0.2, 0) is 4.79 Å². The fraction of sp³-hybridized carbons (Fsp3) is 0.304. The van der Waals surface area contributed by atoms with Gasteiger partial charge in [0.1, 0.15) is 38.0 Å². The maximum Gasteiger partial charge on any atom is 0.280 e. The van der Waals surface area contributed by atoms with Crippen molar-refractivity contribution >= 4 is 11.7 Å². The standard InChI is InChI=1S/C23H26N4O2/c1-18-16-21(25-29-18)24-22(28)17-26-12-14-27(15-13-26)23(19-8-4-2-5-9-19)20-10-6-3-7-11-20/h2-11,16,23H,12-15,17H2,1H3,(H,24,25,28)/p+2. The molecule has 0 bridgehead atoms. The minimum Gasteiger partial charge on any atom is -0.360 e. The third kappa shape index (κ3) is 4.91. The van der Waals surface area contributed by atoms with E-state index in [0.717, 1.165) is 26.2 Å². The van der Waals surface area contributed by atoms with Crippen molar-refractivity contribution in [3.63, 3.8) is 0 Å². The van der Waals surface area contributed by atoms with Gasteiger partial charge in [-0.2, -0.15) is 0 Å². The van der Waals surface area contributed by atoms with Gasteiger partial charge in [-0.25, -0.2) is 0 Å². The molecule has 1 aromatic heterocycles. The van der Waals surface area contributed by atoms with Gasteiger partial charge in [0.2, 0.25) is 0 Å². The lowest BCUT2D eigenvalue weighted by molar-refractivity contribution is -1.02. The minimum atomic E-state index is -0.0144. The summed E-state index contributed by atoms with van der Waals surface area (Å²) in [5, 5.41) is 6.66. The Morgan fingerprint density at radius 2 is 1.59 bits per heavy atom. The molecule has 0 radical (unpaired) electrons. The molecule has 3 aromatic rings. The number of anilines is 1. The molecular formula is C23H28N4O2+2. The second-order valence-electron chi connectivity index (χ2n) is 7.71. The van der Waals surface area contributed by atoms with Crippen molar-refractivity contribution in [2.24, 2.45) is 0 Å². The zero-order valence-corrected chi connectivity index (χ0v) is 16.7. The molecule has 1 fully saturated rings. The zero-order chi connectivity index (χ0) is 20.1. The zero-order valence-electron chi connectivity index (χ0n) is 16.7. The first-order chi connectivity index (χ1) is 14.2. The van der Waals surface area contributed by atoms with Gasteiger partial charge in [0.25, 0.3) is 5.91 Å². The number of aryl methyl sites for hydroxylation is 1. The van der Waals surface area contributed by atoms with E-state index in [2.05, 4.69) is 71.1 Å². The van der Waals surface area contributed by atoms with E-state index in [1.165, 1.54) is 16.0 Å². The highest BCUT2D eigenvalue weighted by molar-refractivity contribution is 5.90. The number of piperazine rings is 1. The van der Waals surface area contributed by atoms with Crippen LogP contribution in [-0.4, -0.2) is 43.8 Å². The molecule has 4 rings (SSSR count). The normalized spacial score (nSPS) is 19.2. The molecule has 2 aromatic carbocycles. The van der Waals surface area contributed by atoms with Crippen molar-refractivity contribution < 1.29 is 19.1 Å². The fourth-order valence-corrected chi connectivity index (χ4v) is 4.18. The number of carbonyl (C=O) groups is 1. The highest BCUT2D eigenvalue weighted by atomic mass is 16.5. The number of amides is 1. The number of carbonyl (C=O) groups excluding carboxylic acids is 1. The number of rotatable bonds is 6. The smallest absolute Gasteiger partial charge is 0.280 e. The Morgan fingerprint density at radius 1 is 1.00 bits per heavy atom. The van der Waals surface area contributed by atoms with Crippen LogP contribution in [0.2, 0.25) is 0 Å². The summed E-state index contributed by atoms with van der Waals surface area (Å²) in [6, 6.07) is 23.5. The third-order valence-corrected chi connectivity index (χ3v) is 5.58. The summed E-state index contributed by atoms with van der Waals surface area (Å²) in [7, 11) is 0. The molecule has 1 aliphatic rings. The summed E-state index contributed by atoms with van der Waals surface area (Å²) in [6.45, 7) is 6.26. The highest BCUT2D eigenvalue weighted by Gasteiger charge is 2.32. The van der Waals surface area contributed by atoms with E-state index in [1.807, 2.05) is 6.92 Å². The molecule has 1 saturated heterocycles. The largest absolute Gasteiger partial charge is 0.360 e. The molecule has 150 valence electrons. The molecule has 0 atom stereocenters. The Labute approximate surface area is 171 Å². The Kier molecular flexibility index (Phi) is 6.03. The van der Waals surface area contributed by atoms with Gasteiger partial charge in [-0.15, -0.1) is 0 Å². The number of benzene rings is 2. The molecule has 0 saturated carbocycles. The van der Waals surface area contributed by atoms with E-state index in [9.17, 15) is 4.79 Å². The van der Waals surface area contributed by atoms with E-state index >= 15 is 0 Å². The molecule has 2 heterocycles. The lowest BCUT2D eigenvalue weighted by Gasteiger charge is -2.34. The SMILES string of the molecule is Cc1cc(NC(=O)C[NH+]2CC[NH+](C(c3ccccc3)c3ccccc3)CC2)no1. The summed E-state index contributed by atoms with van der Waals surface area (Å²) in [5.74, 6) is 1.17. The maximum absolute atomic E-state index is 12.3. The molecule has 6 heteroatoms. The summed E-state index contributed by atoms with van der Waals surface area (Å²) in [4.78, 5) is 15.2. The van der Waals surface area contributed by atoms with Crippen molar-refractivity contribution in [1.82, 2.24) is 5.16 Å². The van der Waals surface area contributed by atoms with Crippen LogP contribution in [0, 0.1) is 6.92 Å². The lowest BCUT2D eigenvalue weighted by Crippen LogP contribution is -3.28. The fourth-order valence-electron chi connectivity index (χ4n) is 4.18. The first-order valence-corrected chi connectivity index (χ1v) is 10.2. The molecule has 1 aliphatic heterocycles. The second kappa shape index (κ2) is 9.03. The first-order valence-electron chi connectivity index (χ1n) is 10.2. The van der Waals surface area contributed by atoms with E-state index in [-0.39, 0.29) is 5.91 Å². The van der Waals surface area contributed by atoms with E-state index < -0.39 is 0 Å².